The van der Waals surface area contributed by atoms with Crippen molar-refractivity contribution >= 4 is 11.9 Å². The highest BCUT2D eigenvalue weighted by Crippen LogP contribution is 2.26. The first-order valence-corrected chi connectivity index (χ1v) is 8.69. The number of benzene rings is 2. The number of hydrogen-bond donors (Lipinski definition) is 0. The van der Waals surface area contributed by atoms with E-state index in [0.717, 1.165) is 5.56 Å². The summed E-state index contributed by atoms with van der Waals surface area (Å²) in [6.07, 6.45) is 0.638. The van der Waals surface area contributed by atoms with Crippen LogP contribution in [0.15, 0.2) is 48.5 Å². The van der Waals surface area contributed by atoms with Crippen molar-refractivity contribution < 1.29 is 14.3 Å². The van der Waals surface area contributed by atoms with Crippen LogP contribution in [0.4, 0.5) is 0 Å². The summed E-state index contributed by atoms with van der Waals surface area (Å²) >= 11 is 0. The van der Waals surface area contributed by atoms with E-state index < -0.39 is 0 Å². The molecule has 136 valence electrons. The number of carbonyl (C=O) groups excluding carboxylic acids is 2. The van der Waals surface area contributed by atoms with E-state index in [1.54, 1.807) is 19.0 Å². The predicted molar refractivity (Wildman–Crippen MR) is 99.7 cm³/mol. The van der Waals surface area contributed by atoms with Crippen LogP contribution >= 0.6 is 0 Å². The lowest BCUT2D eigenvalue weighted by Crippen LogP contribution is -2.45. The summed E-state index contributed by atoms with van der Waals surface area (Å²) in [4.78, 5) is 28.2. The Morgan fingerprint density at radius 1 is 1.12 bits per heavy atom. The highest BCUT2D eigenvalue weighted by Gasteiger charge is 2.32. The van der Waals surface area contributed by atoms with Gasteiger partial charge in [-0.1, -0.05) is 36.4 Å². The molecule has 0 saturated carbocycles. The third-order valence-electron chi connectivity index (χ3n) is 4.78. The molecule has 1 heterocycles. The van der Waals surface area contributed by atoms with Crippen LogP contribution in [0.5, 0.6) is 0 Å². The molecule has 0 aromatic heterocycles. The van der Waals surface area contributed by atoms with Crippen LogP contribution in [-0.4, -0.2) is 48.9 Å². The second-order valence-electron chi connectivity index (χ2n) is 6.82. The van der Waals surface area contributed by atoms with Crippen molar-refractivity contribution in [1.29, 1.82) is 0 Å². The average Bonchev–Trinajstić information content (AvgIpc) is 2.66. The Kier molecular flexibility index (Phi) is 5.38. The average molecular weight is 352 g/mol. The molecule has 1 aliphatic heterocycles. The molecule has 5 nitrogen and oxygen atoms in total. The number of nitrogens with zero attached hydrogens (tertiary/aromatic N) is 2. The summed E-state index contributed by atoms with van der Waals surface area (Å²) in [6, 6.07) is 15.5. The Hall–Kier alpha value is -2.66. The monoisotopic (exact) mass is 352 g/mol. The van der Waals surface area contributed by atoms with Gasteiger partial charge in [0.05, 0.1) is 7.11 Å². The van der Waals surface area contributed by atoms with Crippen molar-refractivity contribution in [3.8, 4) is 0 Å². The van der Waals surface area contributed by atoms with Gasteiger partial charge in [0.1, 0.15) is 6.04 Å². The van der Waals surface area contributed by atoms with Crippen molar-refractivity contribution in [2.24, 2.45) is 0 Å². The van der Waals surface area contributed by atoms with Crippen LogP contribution in [0.2, 0.25) is 0 Å². The number of amides is 1. The number of rotatable bonds is 4. The fraction of sp³-hybridized carbons (Fsp3) is 0.333. The second kappa shape index (κ2) is 7.70. The maximum atomic E-state index is 12.3. The molecule has 3 rings (SSSR count). The molecule has 2 aromatic carbocycles. The van der Waals surface area contributed by atoms with Gasteiger partial charge in [-0.25, -0.2) is 0 Å². The van der Waals surface area contributed by atoms with E-state index in [-0.39, 0.29) is 17.9 Å². The van der Waals surface area contributed by atoms with Gasteiger partial charge >= 0.3 is 5.97 Å². The molecule has 0 aliphatic carbocycles. The quantitative estimate of drug-likeness (QED) is 0.794. The molecule has 1 unspecified atom stereocenters. The number of methoxy groups -OCH3 is 1. The molecule has 0 radical (unpaired) electrons. The smallest absolute Gasteiger partial charge is 0.323 e. The van der Waals surface area contributed by atoms with E-state index in [1.165, 1.54) is 18.2 Å². The first-order chi connectivity index (χ1) is 12.5. The first-order valence-electron chi connectivity index (χ1n) is 8.69. The fourth-order valence-electron chi connectivity index (χ4n) is 3.41. The zero-order chi connectivity index (χ0) is 18.7. The third kappa shape index (κ3) is 3.78. The van der Waals surface area contributed by atoms with Gasteiger partial charge < -0.3 is 9.64 Å². The Morgan fingerprint density at radius 3 is 2.54 bits per heavy atom. The maximum absolute atomic E-state index is 12.3. The molecule has 26 heavy (non-hydrogen) atoms. The van der Waals surface area contributed by atoms with E-state index >= 15 is 0 Å². The van der Waals surface area contributed by atoms with Gasteiger partial charge in [-0.15, -0.1) is 0 Å². The zero-order valence-electron chi connectivity index (χ0n) is 15.4. The van der Waals surface area contributed by atoms with Gasteiger partial charge in [0, 0.05) is 32.7 Å². The van der Waals surface area contributed by atoms with Crippen LogP contribution in [0.3, 0.4) is 0 Å². The minimum Gasteiger partial charge on any atom is -0.468 e. The van der Waals surface area contributed by atoms with Crippen LogP contribution in [0.25, 0.3) is 0 Å². The standard InChI is InChI=1S/C21H24N2O3/c1-22(2)20(24)17-10-6-7-15(11-17)13-23-14-18-9-5-4-8-16(18)12-19(23)21(25)26-3/h4-11,19H,12-14H2,1-3H3. The second-order valence-corrected chi connectivity index (χ2v) is 6.82. The Balaban J connectivity index is 1.86. The maximum Gasteiger partial charge on any atom is 0.323 e. The number of ether oxygens (including phenoxy) is 1. The largest absolute Gasteiger partial charge is 0.468 e. The molecule has 2 aromatic rings. The number of esters is 1. The summed E-state index contributed by atoms with van der Waals surface area (Å²) in [7, 11) is 4.91. The number of hydrogen-bond acceptors (Lipinski definition) is 4. The SMILES string of the molecule is COC(=O)C1Cc2ccccc2CN1Cc1cccc(C(=O)N(C)C)c1. The van der Waals surface area contributed by atoms with Crippen molar-refractivity contribution in [2.75, 3.05) is 21.2 Å². The van der Waals surface area contributed by atoms with Gasteiger partial charge in [0.2, 0.25) is 0 Å². The zero-order valence-corrected chi connectivity index (χ0v) is 15.4. The Bertz CT molecular complexity index is 816. The van der Waals surface area contributed by atoms with Gasteiger partial charge in [-0.3, -0.25) is 14.5 Å². The van der Waals surface area contributed by atoms with E-state index in [4.69, 9.17) is 4.74 Å². The summed E-state index contributed by atoms with van der Waals surface area (Å²) < 4.78 is 5.02. The molecule has 0 fully saturated rings. The molecule has 0 N–H and O–H groups in total. The highest BCUT2D eigenvalue weighted by atomic mass is 16.5. The molecule has 5 heteroatoms. The molecule has 1 amide bonds. The van der Waals surface area contributed by atoms with E-state index in [0.29, 0.717) is 25.1 Å². The first kappa shape index (κ1) is 18.1. The molecular formula is C21H24N2O3. The van der Waals surface area contributed by atoms with Crippen molar-refractivity contribution in [3.05, 3.63) is 70.8 Å². The van der Waals surface area contributed by atoms with Gasteiger partial charge in [0.15, 0.2) is 0 Å². The minimum absolute atomic E-state index is 0.0274. The van der Waals surface area contributed by atoms with Gasteiger partial charge in [0.25, 0.3) is 5.91 Å². The van der Waals surface area contributed by atoms with Crippen LogP contribution in [-0.2, 0) is 29.0 Å². The Morgan fingerprint density at radius 2 is 1.85 bits per heavy atom. The van der Waals surface area contributed by atoms with Crippen LogP contribution in [0, 0.1) is 0 Å². The number of fused-ring (bicyclic) bond motifs is 1. The lowest BCUT2D eigenvalue weighted by Gasteiger charge is -2.35. The summed E-state index contributed by atoms with van der Waals surface area (Å²) in [6.45, 7) is 1.27. The van der Waals surface area contributed by atoms with Crippen molar-refractivity contribution in [1.82, 2.24) is 9.80 Å². The molecular weight excluding hydrogens is 328 g/mol. The fourth-order valence-corrected chi connectivity index (χ4v) is 3.41. The van der Waals surface area contributed by atoms with Crippen LogP contribution < -0.4 is 0 Å². The van der Waals surface area contributed by atoms with Crippen molar-refractivity contribution in [2.45, 2.75) is 25.6 Å². The van der Waals surface area contributed by atoms with E-state index in [2.05, 4.69) is 17.0 Å². The van der Waals surface area contributed by atoms with Gasteiger partial charge in [-0.05, 0) is 35.2 Å². The molecule has 1 aliphatic rings. The lowest BCUT2D eigenvalue weighted by molar-refractivity contribution is -0.148. The molecule has 1 atom stereocenters. The van der Waals surface area contributed by atoms with E-state index in [1.807, 2.05) is 36.4 Å². The topological polar surface area (TPSA) is 49.9 Å². The van der Waals surface area contributed by atoms with Crippen LogP contribution in [0.1, 0.15) is 27.0 Å². The molecule has 0 spiro atoms. The normalized spacial score (nSPS) is 16.7. The molecule has 0 bridgehead atoms. The van der Waals surface area contributed by atoms with E-state index in [9.17, 15) is 9.59 Å². The number of carbonyl (C=O) groups is 2. The summed E-state index contributed by atoms with van der Waals surface area (Å²) in [5, 5.41) is 0. The van der Waals surface area contributed by atoms with Crippen molar-refractivity contribution in [3.63, 3.8) is 0 Å². The van der Waals surface area contributed by atoms with Gasteiger partial charge in [-0.2, -0.15) is 0 Å². The summed E-state index contributed by atoms with van der Waals surface area (Å²) in [5.41, 5.74) is 4.08. The highest BCUT2D eigenvalue weighted by molar-refractivity contribution is 5.94. The minimum atomic E-state index is -0.317. The third-order valence-corrected chi connectivity index (χ3v) is 4.78. The lowest BCUT2D eigenvalue weighted by atomic mass is 9.93. The summed E-state index contributed by atoms with van der Waals surface area (Å²) in [5.74, 6) is -0.250. The predicted octanol–water partition coefficient (Wildman–Crippen LogP) is 2.49. The molecule has 0 saturated heterocycles. The Labute approximate surface area is 154 Å².